The SMILES string of the molecule is C=C(N/C(CCC)=C(\C)C(C)=O)C(/C=C\C)=C/C(=C)c1ccc(CNC2CCCCC2)cc1. The van der Waals surface area contributed by atoms with Gasteiger partial charge in [-0.25, -0.2) is 0 Å². The average Bonchev–Trinajstić information content (AvgIpc) is 2.82. The van der Waals surface area contributed by atoms with Gasteiger partial charge in [0.1, 0.15) is 0 Å². The zero-order valence-corrected chi connectivity index (χ0v) is 21.1. The Balaban J connectivity index is 2.09. The van der Waals surface area contributed by atoms with E-state index in [4.69, 9.17) is 0 Å². The van der Waals surface area contributed by atoms with Crippen molar-refractivity contribution in [1.29, 1.82) is 0 Å². The molecular weight excluding hydrogens is 404 g/mol. The minimum Gasteiger partial charge on any atom is -0.359 e. The molecule has 0 bridgehead atoms. The van der Waals surface area contributed by atoms with Crippen LogP contribution in [0, 0.1) is 0 Å². The van der Waals surface area contributed by atoms with Gasteiger partial charge in [-0.2, -0.15) is 0 Å². The second kappa shape index (κ2) is 13.8. The molecule has 0 aliphatic heterocycles. The summed E-state index contributed by atoms with van der Waals surface area (Å²) in [5.41, 5.74) is 6.74. The van der Waals surface area contributed by atoms with Gasteiger partial charge in [0.05, 0.1) is 0 Å². The minimum absolute atomic E-state index is 0.0813. The smallest absolute Gasteiger partial charge is 0.157 e. The highest BCUT2D eigenvalue weighted by atomic mass is 16.1. The molecule has 0 aromatic heterocycles. The third-order valence-corrected chi connectivity index (χ3v) is 6.33. The molecule has 0 radical (unpaired) electrons. The van der Waals surface area contributed by atoms with Crippen molar-refractivity contribution >= 4 is 11.4 Å². The van der Waals surface area contributed by atoms with Crippen LogP contribution in [0.2, 0.25) is 0 Å². The molecular formula is C30H42N2O. The van der Waals surface area contributed by atoms with Crippen LogP contribution in [-0.2, 0) is 11.3 Å². The van der Waals surface area contributed by atoms with Crippen LogP contribution in [0.4, 0.5) is 0 Å². The largest absolute Gasteiger partial charge is 0.359 e. The molecule has 2 N–H and O–H groups in total. The Kier molecular flexibility index (Phi) is 11.1. The molecule has 178 valence electrons. The molecule has 1 aromatic rings. The topological polar surface area (TPSA) is 41.1 Å². The van der Waals surface area contributed by atoms with E-state index in [0.29, 0.717) is 6.04 Å². The van der Waals surface area contributed by atoms with Gasteiger partial charge in [0.2, 0.25) is 0 Å². The Morgan fingerprint density at radius 1 is 1.09 bits per heavy atom. The fourth-order valence-corrected chi connectivity index (χ4v) is 4.15. The first kappa shape index (κ1) is 26.6. The van der Waals surface area contributed by atoms with E-state index in [1.54, 1.807) is 6.92 Å². The van der Waals surface area contributed by atoms with E-state index in [9.17, 15) is 4.79 Å². The quantitative estimate of drug-likeness (QED) is 0.260. The van der Waals surface area contributed by atoms with Gasteiger partial charge in [-0.05, 0) is 68.4 Å². The summed E-state index contributed by atoms with van der Waals surface area (Å²) in [6.45, 7) is 17.0. The number of carbonyl (C=O) groups excluding carboxylic acids is 1. The van der Waals surface area contributed by atoms with Crippen LogP contribution in [-0.4, -0.2) is 11.8 Å². The molecule has 1 aliphatic rings. The predicted octanol–water partition coefficient (Wildman–Crippen LogP) is 7.39. The molecule has 1 fully saturated rings. The number of carbonyl (C=O) groups is 1. The normalized spacial score (nSPS) is 15.9. The van der Waals surface area contributed by atoms with Crippen molar-refractivity contribution in [2.75, 3.05) is 0 Å². The summed E-state index contributed by atoms with van der Waals surface area (Å²) >= 11 is 0. The van der Waals surface area contributed by atoms with E-state index < -0.39 is 0 Å². The number of rotatable bonds is 12. The summed E-state index contributed by atoms with van der Waals surface area (Å²) in [6, 6.07) is 9.32. The lowest BCUT2D eigenvalue weighted by atomic mass is 9.95. The molecule has 0 heterocycles. The Morgan fingerprint density at radius 3 is 2.33 bits per heavy atom. The number of ketones is 1. The first-order chi connectivity index (χ1) is 15.8. The molecule has 0 saturated heterocycles. The Bertz CT molecular complexity index is 909. The number of hydrogen-bond donors (Lipinski definition) is 2. The van der Waals surface area contributed by atoms with Crippen LogP contribution in [0.25, 0.3) is 5.57 Å². The summed E-state index contributed by atoms with van der Waals surface area (Å²) in [4.78, 5) is 11.9. The summed E-state index contributed by atoms with van der Waals surface area (Å²) in [5, 5.41) is 7.10. The van der Waals surface area contributed by atoms with Crippen molar-refractivity contribution in [3.8, 4) is 0 Å². The second-order valence-corrected chi connectivity index (χ2v) is 9.05. The first-order valence-corrected chi connectivity index (χ1v) is 12.4. The third-order valence-electron chi connectivity index (χ3n) is 6.33. The summed E-state index contributed by atoms with van der Waals surface area (Å²) in [6.07, 6.45) is 14.5. The highest BCUT2D eigenvalue weighted by molar-refractivity contribution is 5.93. The first-order valence-electron chi connectivity index (χ1n) is 12.4. The van der Waals surface area contributed by atoms with Crippen LogP contribution in [0.5, 0.6) is 0 Å². The molecule has 0 amide bonds. The van der Waals surface area contributed by atoms with Crippen molar-refractivity contribution in [1.82, 2.24) is 10.6 Å². The van der Waals surface area contributed by atoms with Gasteiger partial charge in [-0.15, -0.1) is 0 Å². The van der Waals surface area contributed by atoms with Gasteiger partial charge in [0.25, 0.3) is 0 Å². The van der Waals surface area contributed by atoms with Crippen molar-refractivity contribution in [2.24, 2.45) is 0 Å². The second-order valence-electron chi connectivity index (χ2n) is 9.05. The molecule has 1 aromatic carbocycles. The molecule has 3 nitrogen and oxygen atoms in total. The Hall–Kier alpha value is -2.65. The number of Topliss-reactive ketones (excluding diaryl/α,β-unsaturated/α-hetero) is 1. The van der Waals surface area contributed by atoms with Crippen molar-refractivity contribution in [3.63, 3.8) is 0 Å². The maximum atomic E-state index is 11.9. The van der Waals surface area contributed by atoms with Crippen LogP contribution < -0.4 is 10.6 Å². The summed E-state index contributed by atoms with van der Waals surface area (Å²) < 4.78 is 0. The van der Waals surface area contributed by atoms with Gasteiger partial charge in [0.15, 0.2) is 5.78 Å². The summed E-state index contributed by atoms with van der Waals surface area (Å²) in [7, 11) is 0. The van der Waals surface area contributed by atoms with Gasteiger partial charge < -0.3 is 10.6 Å². The van der Waals surface area contributed by atoms with E-state index >= 15 is 0 Å². The molecule has 3 heteroatoms. The number of hydrogen-bond acceptors (Lipinski definition) is 3. The van der Waals surface area contributed by atoms with E-state index in [1.807, 2.05) is 26.0 Å². The zero-order valence-electron chi connectivity index (χ0n) is 21.1. The number of nitrogens with one attached hydrogen (secondary N) is 2. The van der Waals surface area contributed by atoms with Gasteiger partial charge >= 0.3 is 0 Å². The Morgan fingerprint density at radius 2 is 1.76 bits per heavy atom. The van der Waals surface area contributed by atoms with Crippen LogP contribution in [0.3, 0.4) is 0 Å². The third kappa shape index (κ3) is 8.66. The molecule has 0 spiro atoms. The van der Waals surface area contributed by atoms with E-state index in [-0.39, 0.29) is 5.78 Å². The lowest BCUT2D eigenvalue weighted by Crippen LogP contribution is -2.30. The summed E-state index contributed by atoms with van der Waals surface area (Å²) in [5.74, 6) is 0.0813. The highest BCUT2D eigenvalue weighted by Crippen LogP contribution is 2.22. The number of benzene rings is 1. The van der Waals surface area contributed by atoms with Crippen LogP contribution in [0.15, 0.2) is 78.2 Å². The molecule has 1 saturated carbocycles. The van der Waals surface area contributed by atoms with Crippen LogP contribution in [0.1, 0.15) is 83.8 Å². The standard InChI is InChI=1S/C30H42N2O/c1-7-12-28(24(5)32-30(13-8-2)23(4)25(6)33)20-22(3)27-18-16-26(17-19-27)21-31-29-14-10-9-11-15-29/h7,12,16-20,29,31-32H,3,5,8-11,13-15,21H2,1-2,4,6H3/b12-7-,28-20+,30-23+. The number of allylic oxidation sites excluding steroid dienone is 6. The predicted molar refractivity (Wildman–Crippen MR) is 143 cm³/mol. The maximum Gasteiger partial charge on any atom is 0.157 e. The molecule has 33 heavy (non-hydrogen) atoms. The maximum absolute atomic E-state index is 11.9. The minimum atomic E-state index is 0.0813. The molecule has 0 unspecified atom stereocenters. The van der Waals surface area contributed by atoms with E-state index in [1.165, 1.54) is 37.7 Å². The van der Waals surface area contributed by atoms with Gasteiger partial charge in [0, 0.05) is 29.6 Å². The Labute approximate surface area is 201 Å². The van der Waals surface area contributed by atoms with Crippen molar-refractivity contribution in [3.05, 3.63) is 89.3 Å². The molecule has 2 rings (SSSR count). The van der Waals surface area contributed by atoms with E-state index in [0.717, 1.165) is 53.1 Å². The monoisotopic (exact) mass is 446 g/mol. The van der Waals surface area contributed by atoms with E-state index in [2.05, 4.69) is 61.1 Å². The average molecular weight is 447 g/mol. The van der Waals surface area contributed by atoms with Gasteiger partial charge in [-0.1, -0.05) is 82.2 Å². The molecule has 1 aliphatic carbocycles. The lowest BCUT2D eigenvalue weighted by molar-refractivity contribution is -0.113. The van der Waals surface area contributed by atoms with Crippen molar-refractivity contribution < 1.29 is 4.79 Å². The highest BCUT2D eigenvalue weighted by Gasteiger charge is 2.12. The fraction of sp³-hybridized carbons (Fsp3) is 0.433. The van der Waals surface area contributed by atoms with Crippen LogP contribution >= 0.6 is 0 Å². The molecule has 0 atom stereocenters. The van der Waals surface area contributed by atoms with Crippen molar-refractivity contribution in [2.45, 2.75) is 85.2 Å². The van der Waals surface area contributed by atoms with Gasteiger partial charge in [-0.3, -0.25) is 4.79 Å². The zero-order chi connectivity index (χ0) is 24.2. The lowest BCUT2D eigenvalue weighted by Gasteiger charge is -2.22. The fourth-order valence-electron chi connectivity index (χ4n) is 4.15.